The number of nitrogens with zero attached hydrogens (tertiary/aromatic N) is 2. The van der Waals surface area contributed by atoms with Crippen molar-refractivity contribution in [1.29, 1.82) is 0 Å². The fourth-order valence-electron chi connectivity index (χ4n) is 5.16. The second-order valence-electron chi connectivity index (χ2n) is 10.0. The maximum absolute atomic E-state index is 14.0. The van der Waals surface area contributed by atoms with E-state index in [4.69, 9.17) is 0 Å². The minimum Gasteiger partial charge on any atom is -0.314 e. The quantitative estimate of drug-likeness (QED) is 0.595. The van der Waals surface area contributed by atoms with Crippen LogP contribution in [0.5, 0.6) is 0 Å². The summed E-state index contributed by atoms with van der Waals surface area (Å²) in [4.78, 5) is 2.46. The van der Waals surface area contributed by atoms with Crippen molar-refractivity contribution < 1.29 is 17.2 Å². The van der Waals surface area contributed by atoms with Crippen LogP contribution in [-0.2, 0) is 10.0 Å². The van der Waals surface area contributed by atoms with Gasteiger partial charge in [0.1, 0.15) is 11.6 Å². The second-order valence-corrected chi connectivity index (χ2v) is 12.0. The molecular formula is C24H39F2N3O2S. The first kappa shape index (κ1) is 25.5. The molecule has 0 saturated carbocycles. The summed E-state index contributed by atoms with van der Waals surface area (Å²) >= 11 is 0. The first-order valence-corrected chi connectivity index (χ1v) is 13.8. The van der Waals surface area contributed by atoms with Crippen molar-refractivity contribution in [3.63, 3.8) is 0 Å². The van der Waals surface area contributed by atoms with E-state index in [1.165, 1.54) is 22.7 Å². The molecule has 0 radical (unpaired) electrons. The summed E-state index contributed by atoms with van der Waals surface area (Å²) in [5, 5.41) is 3.65. The normalized spacial score (nSPS) is 21.3. The molecule has 1 aromatic carbocycles. The summed E-state index contributed by atoms with van der Waals surface area (Å²) in [5.74, 6) is -0.195. The van der Waals surface area contributed by atoms with Gasteiger partial charge in [-0.25, -0.2) is 21.5 Å². The van der Waals surface area contributed by atoms with Crippen LogP contribution >= 0.6 is 0 Å². The molecule has 8 heteroatoms. The number of rotatable bonds is 9. The number of likely N-dealkylation sites (tertiary alicyclic amines) is 1. The molecule has 1 aromatic rings. The number of hydrogen-bond acceptors (Lipinski definition) is 4. The molecule has 0 bridgehead atoms. The Labute approximate surface area is 192 Å². The van der Waals surface area contributed by atoms with Gasteiger partial charge in [0.2, 0.25) is 10.0 Å². The number of hydrogen-bond donors (Lipinski definition) is 1. The van der Waals surface area contributed by atoms with Crippen molar-refractivity contribution in [2.45, 2.75) is 57.9 Å². The molecule has 2 saturated heterocycles. The third kappa shape index (κ3) is 7.47. The lowest BCUT2D eigenvalue weighted by Crippen LogP contribution is -2.44. The Hall–Kier alpha value is -1.09. The smallest absolute Gasteiger partial charge is 0.211 e. The van der Waals surface area contributed by atoms with E-state index in [-0.39, 0.29) is 11.8 Å². The van der Waals surface area contributed by atoms with Crippen molar-refractivity contribution in [3.8, 4) is 0 Å². The molecular weight excluding hydrogens is 432 g/mol. The summed E-state index contributed by atoms with van der Waals surface area (Å²) in [6.45, 7) is 9.40. The lowest BCUT2D eigenvalue weighted by Gasteiger charge is -2.37. The van der Waals surface area contributed by atoms with Crippen LogP contribution in [0.1, 0.15) is 57.4 Å². The molecule has 0 spiro atoms. The molecule has 0 aliphatic carbocycles. The van der Waals surface area contributed by atoms with E-state index in [9.17, 15) is 17.2 Å². The summed E-state index contributed by atoms with van der Waals surface area (Å²) in [7, 11) is -3.20. The molecule has 0 aromatic heterocycles. The second kappa shape index (κ2) is 11.4. The summed E-state index contributed by atoms with van der Waals surface area (Å²) in [6, 6.07) is 4.40. The largest absolute Gasteiger partial charge is 0.314 e. The van der Waals surface area contributed by atoms with Crippen LogP contribution in [0.25, 0.3) is 0 Å². The van der Waals surface area contributed by atoms with Gasteiger partial charge >= 0.3 is 0 Å². The molecule has 1 N–H and O–H groups in total. The Balaban J connectivity index is 1.61. The SMILES string of the molecule is CC(C)CNC1CCN(CC[C@@H](c2cc(F)cc(F)c2)C2CCN(S(C)(=O)=O)CC2)CC1. The third-order valence-corrected chi connectivity index (χ3v) is 8.31. The van der Waals surface area contributed by atoms with Crippen molar-refractivity contribution in [2.75, 3.05) is 45.5 Å². The highest BCUT2D eigenvalue weighted by atomic mass is 32.2. The van der Waals surface area contributed by atoms with Crippen LogP contribution in [0.3, 0.4) is 0 Å². The summed E-state index contributed by atoms with van der Waals surface area (Å²) in [6.07, 6.45) is 5.76. The molecule has 32 heavy (non-hydrogen) atoms. The van der Waals surface area contributed by atoms with Crippen LogP contribution in [0, 0.1) is 23.5 Å². The highest BCUT2D eigenvalue weighted by Crippen LogP contribution is 2.37. The minimum atomic E-state index is -3.20. The molecule has 0 amide bonds. The van der Waals surface area contributed by atoms with Crippen molar-refractivity contribution in [1.82, 2.24) is 14.5 Å². The Kier molecular flexibility index (Phi) is 9.06. The number of halogens is 2. The molecule has 2 aliphatic heterocycles. The van der Waals surface area contributed by atoms with Gasteiger partial charge in [0.25, 0.3) is 0 Å². The average molecular weight is 472 g/mol. The van der Waals surface area contributed by atoms with Crippen LogP contribution < -0.4 is 5.32 Å². The molecule has 182 valence electrons. The summed E-state index contributed by atoms with van der Waals surface area (Å²) < 4.78 is 53.3. The van der Waals surface area contributed by atoms with Crippen molar-refractivity contribution in [2.24, 2.45) is 11.8 Å². The number of nitrogens with one attached hydrogen (secondary N) is 1. The first-order chi connectivity index (χ1) is 15.1. The lowest BCUT2D eigenvalue weighted by atomic mass is 9.78. The molecule has 2 heterocycles. The fraction of sp³-hybridized carbons (Fsp3) is 0.750. The van der Waals surface area contributed by atoms with Gasteiger partial charge in [0, 0.05) is 25.2 Å². The first-order valence-electron chi connectivity index (χ1n) is 12.0. The molecule has 1 atom stereocenters. The molecule has 2 aliphatic rings. The highest BCUT2D eigenvalue weighted by Gasteiger charge is 2.31. The Morgan fingerprint density at radius 2 is 1.59 bits per heavy atom. The number of sulfonamides is 1. The molecule has 2 fully saturated rings. The Morgan fingerprint density at radius 1 is 1.00 bits per heavy atom. The predicted octanol–water partition coefficient (Wildman–Crippen LogP) is 3.82. The predicted molar refractivity (Wildman–Crippen MR) is 125 cm³/mol. The van der Waals surface area contributed by atoms with Crippen LogP contribution in [0.2, 0.25) is 0 Å². The highest BCUT2D eigenvalue weighted by molar-refractivity contribution is 7.88. The monoisotopic (exact) mass is 471 g/mol. The van der Waals surface area contributed by atoms with E-state index < -0.39 is 21.7 Å². The molecule has 0 unspecified atom stereocenters. The van der Waals surface area contributed by atoms with Gasteiger partial charge in [-0.15, -0.1) is 0 Å². The van der Waals surface area contributed by atoms with Gasteiger partial charge in [-0.2, -0.15) is 0 Å². The van der Waals surface area contributed by atoms with E-state index >= 15 is 0 Å². The number of benzene rings is 1. The maximum atomic E-state index is 14.0. The van der Waals surface area contributed by atoms with Crippen LogP contribution in [0.15, 0.2) is 18.2 Å². The van der Waals surface area contributed by atoms with Crippen LogP contribution in [-0.4, -0.2) is 69.2 Å². The summed E-state index contributed by atoms with van der Waals surface area (Å²) in [5.41, 5.74) is 0.703. The van der Waals surface area contributed by atoms with E-state index in [1.807, 2.05) is 0 Å². The Morgan fingerprint density at radius 3 is 2.12 bits per heavy atom. The van der Waals surface area contributed by atoms with Gasteiger partial charge in [-0.3, -0.25) is 0 Å². The fourth-order valence-corrected chi connectivity index (χ4v) is 6.03. The standard InChI is InChI=1S/C24H39F2N3O2S/c1-18(2)17-27-23-6-9-28(10-7-23)11-8-24(20-14-21(25)16-22(26)15-20)19-4-12-29(13-5-19)32(3,30)31/h14-16,18-19,23-24,27H,4-13,17H2,1-3H3/t24-/m1/s1. The van der Waals surface area contributed by atoms with Crippen molar-refractivity contribution in [3.05, 3.63) is 35.4 Å². The lowest BCUT2D eigenvalue weighted by molar-refractivity contribution is 0.174. The average Bonchev–Trinajstić information content (AvgIpc) is 2.72. The molecule has 3 rings (SSSR count). The van der Waals surface area contributed by atoms with E-state index in [0.29, 0.717) is 30.6 Å². The van der Waals surface area contributed by atoms with Gasteiger partial charge < -0.3 is 10.2 Å². The topological polar surface area (TPSA) is 52.6 Å². The number of piperidine rings is 2. The maximum Gasteiger partial charge on any atom is 0.211 e. The molecule has 5 nitrogen and oxygen atoms in total. The Bertz CT molecular complexity index is 813. The third-order valence-electron chi connectivity index (χ3n) is 7.01. The van der Waals surface area contributed by atoms with Gasteiger partial charge in [-0.05, 0) is 93.7 Å². The van der Waals surface area contributed by atoms with Gasteiger partial charge in [0.05, 0.1) is 6.26 Å². The zero-order valence-electron chi connectivity index (χ0n) is 19.7. The van der Waals surface area contributed by atoms with Crippen molar-refractivity contribution >= 4 is 10.0 Å². The van der Waals surface area contributed by atoms with E-state index in [1.54, 1.807) is 0 Å². The van der Waals surface area contributed by atoms with Gasteiger partial charge in [0.15, 0.2) is 0 Å². The minimum absolute atomic E-state index is 0.0266. The van der Waals surface area contributed by atoms with E-state index in [0.717, 1.165) is 64.3 Å². The van der Waals surface area contributed by atoms with Crippen LogP contribution in [0.4, 0.5) is 8.78 Å². The van der Waals surface area contributed by atoms with Gasteiger partial charge in [-0.1, -0.05) is 13.8 Å². The van der Waals surface area contributed by atoms with E-state index in [2.05, 4.69) is 24.1 Å². The zero-order valence-corrected chi connectivity index (χ0v) is 20.5. The zero-order chi connectivity index (χ0) is 23.3.